The molecule has 0 saturated heterocycles. The Morgan fingerprint density at radius 1 is 1.39 bits per heavy atom. The average Bonchev–Trinajstić information content (AvgIpc) is 2.94. The Hall–Kier alpha value is -1.21. The molecule has 1 aromatic rings. The molecule has 1 rings (SSSR count). The molecule has 0 bridgehead atoms. The molecule has 1 amide bonds. The summed E-state index contributed by atoms with van der Waals surface area (Å²) < 4.78 is 16.6. The number of carbonyl (C=O) groups excluding carboxylic acids is 1. The van der Waals surface area contributed by atoms with E-state index in [2.05, 4.69) is 10.5 Å². The van der Waals surface area contributed by atoms with E-state index >= 15 is 0 Å². The molecule has 6 nitrogen and oxygen atoms in total. The summed E-state index contributed by atoms with van der Waals surface area (Å²) in [7, 11) is -1.31. The molecule has 3 atom stereocenters. The molecule has 1 heterocycles. The van der Waals surface area contributed by atoms with Gasteiger partial charge in [-0.25, -0.2) is 0 Å². The Balaban J connectivity index is 2.91. The van der Waals surface area contributed by atoms with Crippen molar-refractivity contribution in [2.75, 3.05) is 5.32 Å². The zero-order valence-electron chi connectivity index (χ0n) is 15.0. The number of nitrogens with zero attached hydrogens (tertiary/aromatic N) is 1. The maximum Gasteiger partial charge on any atom is 0.245 e. The van der Waals surface area contributed by atoms with Gasteiger partial charge in [0.05, 0.1) is 11.8 Å². The number of amides is 1. The van der Waals surface area contributed by atoms with E-state index in [-0.39, 0.29) is 17.0 Å². The molecule has 0 aromatic carbocycles. The van der Waals surface area contributed by atoms with Gasteiger partial charge < -0.3 is 9.63 Å². The molecule has 0 spiro atoms. The summed E-state index contributed by atoms with van der Waals surface area (Å²) in [5.74, 6) is -0.193. The monoisotopic (exact) mass is 344 g/mol. The molecule has 23 heavy (non-hydrogen) atoms. The van der Waals surface area contributed by atoms with Crippen LogP contribution in [0.1, 0.15) is 60.6 Å². The standard InChI is InChI=1S/C16H28N2O4S/c1-8-10(2)23(21)16(6,7)14(20)17-13-9-12(18-22-13)15(4,5)11(3)19/h9-11,19H,8H2,1-7H3,(H,17,20). The third kappa shape index (κ3) is 4.20. The number of hydrogen-bond donors (Lipinski definition) is 2. The van der Waals surface area contributed by atoms with E-state index in [1.165, 1.54) is 0 Å². The van der Waals surface area contributed by atoms with Gasteiger partial charge in [0.1, 0.15) is 4.75 Å². The van der Waals surface area contributed by atoms with Crippen LogP contribution >= 0.6 is 0 Å². The van der Waals surface area contributed by atoms with Crippen LogP contribution in [0.4, 0.5) is 5.88 Å². The summed E-state index contributed by atoms with van der Waals surface area (Å²) >= 11 is 0. The predicted molar refractivity (Wildman–Crippen MR) is 91.8 cm³/mol. The highest BCUT2D eigenvalue weighted by Gasteiger charge is 2.38. The largest absolute Gasteiger partial charge is 0.392 e. The maximum atomic E-state index is 12.5. The number of anilines is 1. The molecule has 0 aliphatic rings. The SMILES string of the molecule is CCC(C)S(=O)C(C)(C)C(=O)Nc1cc(C(C)(C)C(C)O)no1. The predicted octanol–water partition coefficient (Wildman–Crippen LogP) is 2.60. The Morgan fingerprint density at radius 3 is 2.43 bits per heavy atom. The first-order valence-electron chi connectivity index (χ1n) is 7.82. The topological polar surface area (TPSA) is 92.4 Å². The van der Waals surface area contributed by atoms with Crippen LogP contribution in [-0.2, 0) is 21.0 Å². The molecule has 7 heteroatoms. The Kier molecular flexibility index (Phi) is 6.15. The molecule has 0 aliphatic carbocycles. The first-order chi connectivity index (χ1) is 10.4. The lowest BCUT2D eigenvalue weighted by Crippen LogP contribution is -2.44. The zero-order chi connectivity index (χ0) is 18.0. The second kappa shape index (κ2) is 7.13. The van der Waals surface area contributed by atoms with Crippen LogP contribution in [0.2, 0.25) is 0 Å². The van der Waals surface area contributed by atoms with Gasteiger partial charge >= 0.3 is 0 Å². The Bertz CT molecular complexity index is 578. The van der Waals surface area contributed by atoms with Crippen molar-refractivity contribution >= 4 is 22.6 Å². The zero-order valence-corrected chi connectivity index (χ0v) is 15.8. The smallest absolute Gasteiger partial charge is 0.245 e. The second-order valence-corrected chi connectivity index (χ2v) is 9.37. The van der Waals surface area contributed by atoms with E-state index in [9.17, 15) is 14.1 Å². The first kappa shape index (κ1) is 19.8. The van der Waals surface area contributed by atoms with E-state index in [1.54, 1.807) is 26.8 Å². The third-order valence-corrected chi connectivity index (χ3v) is 6.70. The van der Waals surface area contributed by atoms with Gasteiger partial charge in [0.15, 0.2) is 0 Å². The van der Waals surface area contributed by atoms with Gasteiger partial charge in [0.2, 0.25) is 11.8 Å². The van der Waals surface area contributed by atoms with Crippen LogP contribution in [-0.4, -0.2) is 36.5 Å². The van der Waals surface area contributed by atoms with E-state index in [4.69, 9.17) is 4.52 Å². The van der Waals surface area contributed by atoms with E-state index in [0.29, 0.717) is 5.69 Å². The fraction of sp³-hybridized carbons (Fsp3) is 0.750. The van der Waals surface area contributed by atoms with E-state index < -0.39 is 27.1 Å². The van der Waals surface area contributed by atoms with Gasteiger partial charge in [-0.1, -0.05) is 32.9 Å². The lowest BCUT2D eigenvalue weighted by Gasteiger charge is -2.25. The maximum absolute atomic E-state index is 12.5. The second-order valence-electron chi connectivity index (χ2n) is 6.95. The van der Waals surface area contributed by atoms with E-state index in [0.717, 1.165) is 6.42 Å². The molecule has 1 aromatic heterocycles. The highest BCUT2D eigenvalue weighted by atomic mass is 32.2. The number of aromatic nitrogens is 1. The molecule has 0 aliphatic heterocycles. The quantitative estimate of drug-likeness (QED) is 0.793. The summed E-state index contributed by atoms with van der Waals surface area (Å²) in [4.78, 5) is 12.4. The van der Waals surface area contributed by atoms with Crippen LogP contribution in [0.3, 0.4) is 0 Å². The number of rotatable bonds is 7. The van der Waals surface area contributed by atoms with Crippen LogP contribution < -0.4 is 5.32 Å². The Morgan fingerprint density at radius 2 is 1.96 bits per heavy atom. The van der Waals surface area contributed by atoms with Gasteiger partial charge in [-0.3, -0.25) is 14.3 Å². The number of carbonyl (C=O) groups is 1. The average molecular weight is 344 g/mol. The van der Waals surface area contributed by atoms with Crippen molar-refractivity contribution in [1.29, 1.82) is 0 Å². The lowest BCUT2D eigenvalue weighted by molar-refractivity contribution is -0.117. The van der Waals surface area contributed by atoms with Crippen molar-refractivity contribution < 1.29 is 18.6 Å². The van der Waals surface area contributed by atoms with Crippen molar-refractivity contribution in [1.82, 2.24) is 5.16 Å². The number of hydrogen-bond acceptors (Lipinski definition) is 5. The van der Waals surface area contributed by atoms with Crippen molar-refractivity contribution in [2.45, 2.75) is 76.4 Å². The van der Waals surface area contributed by atoms with Crippen LogP contribution in [0, 0.1) is 0 Å². The Labute approximate surface area is 140 Å². The number of aliphatic hydroxyl groups excluding tert-OH is 1. The molecule has 0 saturated carbocycles. The van der Waals surface area contributed by atoms with Crippen molar-refractivity contribution in [2.24, 2.45) is 0 Å². The fourth-order valence-electron chi connectivity index (χ4n) is 1.86. The summed E-state index contributed by atoms with van der Waals surface area (Å²) in [5, 5.41) is 16.3. The summed E-state index contributed by atoms with van der Waals surface area (Å²) in [6, 6.07) is 1.59. The molecule has 132 valence electrons. The van der Waals surface area contributed by atoms with Crippen LogP contribution in [0.5, 0.6) is 0 Å². The molecule has 0 radical (unpaired) electrons. The highest BCUT2D eigenvalue weighted by Crippen LogP contribution is 2.29. The minimum atomic E-state index is -1.31. The van der Waals surface area contributed by atoms with Crippen molar-refractivity contribution in [3.05, 3.63) is 11.8 Å². The van der Waals surface area contributed by atoms with Gasteiger partial charge in [-0.05, 0) is 27.2 Å². The number of nitrogens with one attached hydrogen (secondary N) is 1. The minimum absolute atomic E-state index is 0.0739. The van der Waals surface area contributed by atoms with Gasteiger partial charge in [-0.2, -0.15) is 0 Å². The summed E-state index contributed by atoms with van der Waals surface area (Å²) in [6.45, 7) is 12.5. The van der Waals surface area contributed by atoms with Gasteiger partial charge in [-0.15, -0.1) is 0 Å². The molecule has 0 fully saturated rings. The minimum Gasteiger partial charge on any atom is -0.392 e. The lowest BCUT2D eigenvalue weighted by atomic mass is 9.84. The van der Waals surface area contributed by atoms with Crippen molar-refractivity contribution in [3.63, 3.8) is 0 Å². The molecular formula is C16H28N2O4S. The van der Waals surface area contributed by atoms with Gasteiger partial charge in [0.25, 0.3) is 0 Å². The summed E-state index contributed by atoms with van der Waals surface area (Å²) in [5.41, 5.74) is -0.0506. The normalized spacial score (nSPS) is 16.7. The molecule has 2 N–H and O–H groups in total. The van der Waals surface area contributed by atoms with E-state index in [1.807, 2.05) is 27.7 Å². The third-order valence-electron chi connectivity index (χ3n) is 4.44. The van der Waals surface area contributed by atoms with Crippen molar-refractivity contribution in [3.8, 4) is 0 Å². The highest BCUT2D eigenvalue weighted by molar-refractivity contribution is 7.87. The fourth-order valence-corrected chi connectivity index (χ4v) is 3.40. The molecular weight excluding hydrogens is 316 g/mol. The van der Waals surface area contributed by atoms with Crippen LogP contribution in [0.25, 0.3) is 0 Å². The molecule has 3 unspecified atom stereocenters. The number of aliphatic hydroxyl groups is 1. The summed E-state index contributed by atoms with van der Waals surface area (Å²) in [6.07, 6.45) is 0.115. The van der Waals surface area contributed by atoms with Gasteiger partial charge in [0, 0.05) is 27.5 Å². The first-order valence-corrected chi connectivity index (χ1v) is 9.03. The van der Waals surface area contributed by atoms with Crippen LogP contribution in [0.15, 0.2) is 10.6 Å².